The Hall–Kier alpha value is -2.56. The summed E-state index contributed by atoms with van der Waals surface area (Å²) in [7, 11) is 1.29. The van der Waals surface area contributed by atoms with Gasteiger partial charge in [-0.05, 0) is 18.2 Å². The second kappa shape index (κ2) is 4.75. The number of esters is 1. The number of primary amides is 1. The van der Waals surface area contributed by atoms with Crippen molar-refractivity contribution in [3.63, 3.8) is 0 Å². The van der Waals surface area contributed by atoms with E-state index in [4.69, 9.17) is 5.73 Å². The summed E-state index contributed by atoms with van der Waals surface area (Å²) in [5, 5.41) is 0.876. The quantitative estimate of drug-likeness (QED) is 0.646. The van der Waals surface area contributed by atoms with Crippen LogP contribution in [0.25, 0.3) is 17.0 Å². The number of hydrogen-bond acceptors (Lipinski definition) is 3. The molecule has 1 aromatic carbocycles. The smallest absolute Gasteiger partial charge is 0.330 e. The van der Waals surface area contributed by atoms with Crippen LogP contribution >= 0.6 is 0 Å². The molecule has 0 fully saturated rings. The van der Waals surface area contributed by atoms with Crippen molar-refractivity contribution in [3.8, 4) is 0 Å². The summed E-state index contributed by atoms with van der Waals surface area (Å²) >= 11 is 0. The first-order valence-electron chi connectivity index (χ1n) is 5.30. The van der Waals surface area contributed by atoms with E-state index in [2.05, 4.69) is 4.74 Å². The van der Waals surface area contributed by atoms with Crippen molar-refractivity contribution in [3.05, 3.63) is 42.1 Å². The summed E-state index contributed by atoms with van der Waals surface area (Å²) in [4.78, 5) is 22.5. The fourth-order valence-electron chi connectivity index (χ4n) is 1.77. The Morgan fingerprint density at radius 3 is 2.72 bits per heavy atom. The number of nitrogens with two attached hydrogens (primary N) is 1. The lowest BCUT2D eigenvalue weighted by molar-refractivity contribution is -0.134. The van der Waals surface area contributed by atoms with Crippen LogP contribution in [0, 0.1) is 0 Å². The van der Waals surface area contributed by atoms with Crippen LogP contribution in [0.5, 0.6) is 0 Å². The third-order valence-electron chi connectivity index (χ3n) is 2.55. The first-order valence-corrected chi connectivity index (χ1v) is 5.30. The molecule has 0 saturated carbocycles. The zero-order chi connectivity index (χ0) is 13.1. The van der Waals surface area contributed by atoms with Crippen LogP contribution in [-0.2, 0) is 9.53 Å². The molecule has 0 saturated heterocycles. The average Bonchev–Trinajstić information content (AvgIpc) is 2.74. The largest absolute Gasteiger partial charge is 0.466 e. The predicted octanol–water partition coefficient (Wildman–Crippen LogP) is 1.75. The molecule has 5 nitrogen and oxygen atoms in total. The van der Waals surface area contributed by atoms with Gasteiger partial charge in [0.1, 0.15) is 0 Å². The molecule has 0 unspecified atom stereocenters. The van der Waals surface area contributed by atoms with E-state index >= 15 is 0 Å². The number of carbonyl (C=O) groups excluding carboxylic acids is 2. The van der Waals surface area contributed by atoms with Crippen LogP contribution in [0.15, 0.2) is 36.4 Å². The molecule has 2 aromatic rings. The molecule has 0 aliphatic rings. The first-order chi connectivity index (χ1) is 8.63. The van der Waals surface area contributed by atoms with Crippen molar-refractivity contribution in [1.29, 1.82) is 0 Å². The van der Waals surface area contributed by atoms with Crippen molar-refractivity contribution in [1.82, 2.24) is 4.57 Å². The van der Waals surface area contributed by atoms with E-state index in [-0.39, 0.29) is 0 Å². The first kappa shape index (κ1) is 11.9. The Labute approximate surface area is 103 Å². The van der Waals surface area contributed by atoms with E-state index < -0.39 is 12.0 Å². The summed E-state index contributed by atoms with van der Waals surface area (Å²) in [5.74, 6) is -0.490. The summed E-state index contributed by atoms with van der Waals surface area (Å²) in [6, 6.07) is 8.51. The molecule has 0 bridgehead atoms. The minimum absolute atomic E-state index is 0.490. The molecule has 1 heterocycles. The molecule has 2 N–H and O–H groups in total. The lowest BCUT2D eigenvalue weighted by atomic mass is 10.2. The highest BCUT2D eigenvalue weighted by Crippen LogP contribution is 2.20. The second-order valence-electron chi connectivity index (χ2n) is 3.66. The van der Waals surface area contributed by atoms with Crippen LogP contribution in [0.3, 0.4) is 0 Å². The van der Waals surface area contributed by atoms with Crippen molar-refractivity contribution < 1.29 is 14.3 Å². The molecule has 18 heavy (non-hydrogen) atoms. The Balaban J connectivity index is 2.56. The van der Waals surface area contributed by atoms with Crippen molar-refractivity contribution >= 4 is 29.0 Å². The molecule has 0 spiro atoms. The third-order valence-corrected chi connectivity index (χ3v) is 2.55. The van der Waals surface area contributed by atoms with Gasteiger partial charge in [-0.3, -0.25) is 4.57 Å². The topological polar surface area (TPSA) is 74.3 Å². The minimum atomic E-state index is -0.597. The standard InChI is InChI=1S/C13H12N2O3/c1-18-12(16)7-6-10-8-9-4-2-3-5-11(9)15(10)13(14)17/h2-8H,1H3,(H2,14,17)/b7-6+. The molecule has 1 aromatic heterocycles. The number of amides is 1. The van der Waals surface area contributed by atoms with Gasteiger partial charge in [0.05, 0.1) is 18.3 Å². The van der Waals surface area contributed by atoms with Crippen LogP contribution in [0.1, 0.15) is 5.69 Å². The maximum atomic E-state index is 11.4. The van der Waals surface area contributed by atoms with Crippen LogP contribution < -0.4 is 5.73 Å². The van der Waals surface area contributed by atoms with E-state index in [1.165, 1.54) is 23.8 Å². The maximum Gasteiger partial charge on any atom is 0.330 e. The van der Waals surface area contributed by atoms with Gasteiger partial charge in [0.15, 0.2) is 0 Å². The second-order valence-corrected chi connectivity index (χ2v) is 3.66. The van der Waals surface area contributed by atoms with E-state index in [1.807, 2.05) is 18.2 Å². The van der Waals surface area contributed by atoms with Gasteiger partial charge in [0, 0.05) is 11.5 Å². The van der Waals surface area contributed by atoms with E-state index in [9.17, 15) is 9.59 Å². The number of methoxy groups -OCH3 is 1. The van der Waals surface area contributed by atoms with Gasteiger partial charge < -0.3 is 10.5 Å². The fourth-order valence-corrected chi connectivity index (χ4v) is 1.77. The number of benzene rings is 1. The lowest BCUT2D eigenvalue weighted by Crippen LogP contribution is -2.20. The number of hydrogen-bond donors (Lipinski definition) is 1. The zero-order valence-corrected chi connectivity index (χ0v) is 9.79. The molecule has 0 aliphatic carbocycles. The van der Waals surface area contributed by atoms with Crippen LogP contribution in [0.2, 0.25) is 0 Å². The molecule has 0 radical (unpaired) electrons. The summed E-state index contributed by atoms with van der Waals surface area (Å²) in [6.45, 7) is 0. The highest BCUT2D eigenvalue weighted by molar-refractivity contribution is 5.96. The van der Waals surface area contributed by atoms with Crippen molar-refractivity contribution in [2.75, 3.05) is 7.11 Å². The van der Waals surface area contributed by atoms with Crippen molar-refractivity contribution in [2.45, 2.75) is 0 Å². The number of carbonyl (C=O) groups is 2. The number of para-hydroxylation sites is 1. The van der Waals surface area contributed by atoms with Crippen LogP contribution in [0.4, 0.5) is 4.79 Å². The Morgan fingerprint density at radius 1 is 1.33 bits per heavy atom. The van der Waals surface area contributed by atoms with Gasteiger partial charge in [0.25, 0.3) is 0 Å². The zero-order valence-electron chi connectivity index (χ0n) is 9.79. The Bertz CT molecular complexity index is 641. The molecule has 5 heteroatoms. The number of ether oxygens (including phenoxy) is 1. The Morgan fingerprint density at radius 2 is 2.06 bits per heavy atom. The minimum Gasteiger partial charge on any atom is -0.466 e. The maximum absolute atomic E-state index is 11.4. The molecule has 0 aliphatic heterocycles. The van der Waals surface area contributed by atoms with E-state index in [0.29, 0.717) is 11.2 Å². The van der Waals surface area contributed by atoms with Gasteiger partial charge in [-0.15, -0.1) is 0 Å². The third kappa shape index (κ3) is 2.10. The molecular weight excluding hydrogens is 232 g/mol. The van der Waals surface area contributed by atoms with Gasteiger partial charge in [-0.25, -0.2) is 9.59 Å². The predicted molar refractivity (Wildman–Crippen MR) is 68.0 cm³/mol. The summed E-state index contributed by atoms with van der Waals surface area (Å²) in [6.07, 6.45) is 2.74. The molecular formula is C13H12N2O3. The molecule has 1 amide bonds. The SMILES string of the molecule is COC(=O)/C=C/c1cc2ccccc2n1C(N)=O. The van der Waals surface area contributed by atoms with Crippen LogP contribution in [-0.4, -0.2) is 23.7 Å². The highest BCUT2D eigenvalue weighted by Gasteiger charge is 2.10. The monoisotopic (exact) mass is 244 g/mol. The van der Waals surface area contributed by atoms with Gasteiger partial charge in [0.2, 0.25) is 0 Å². The van der Waals surface area contributed by atoms with Gasteiger partial charge >= 0.3 is 12.0 Å². The summed E-state index contributed by atoms with van der Waals surface area (Å²) < 4.78 is 5.84. The molecule has 0 atom stereocenters. The summed E-state index contributed by atoms with van der Waals surface area (Å²) in [5.41, 5.74) is 6.58. The normalized spacial score (nSPS) is 10.9. The molecule has 92 valence electrons. The van der Waals surface area contributed by atoms with Crippen molar-refractivity contribution in [2.24, 2.45) is 5.73 Å². The number of rotatable bonds is 2. The van der Waals surface area contributed by atoms with Gasteiger partial charge in [-0.1, -0.05) is 18.2 Å². The lowest BCUT2D eigenvalue weighted by Gasteiger charge is -2.01. The molecule has 2 rings (SSSR count). The number of nitrogens with zero attached hydrogens (tertiary/aromatic N) is 1. The van der Waals surface area contributed by atoms with Gasteiger partial charge in [-0.2, -0.15) is 0 Å². The average molecular weight is 244 g/mol. The Kier molecular flexibility index (Phi) is 3.14. The van der Waals surface area contributed by atoms with E-state index in [0.717, 1.165) is 5.39 Å². The highest BCUT2D eigenvalue weighted by atomic mass is 16.5. The van der Waals surface area contributed by atoms with E-state index in [1.54, 1.807) is 12.1 Å². The fraction of sp³-hybridized carbons (Fsp3) is 0.0769. The number of fused-ring (bicyclic) bond motifs is 1. The number of aromatic nitrogens is 1.